The van der Waals surface area contributed by atoms with Crippen molar-refractivity contribution in [2.45, 2.75) is 0 Å². The second-order valence-electron chi connectivity index (χ2n) is 2.24. The van der Waals surface area contributed by atoms with E-state index in [1.54, 1.807) is 32.3 Å². The van der Waals surface area contributed by atoms with Crippen LogP contribution in [0.1, 0.15) is 10.5 Å². The number of nitrogens with one attached hydrogen (secondary N) is 2. The Morgan fingerprint density at radius 1 is 1.42 bits per heavy atom. The number of pyridine rings is 1. The number of carbonyl (C=O) groups is 1. The summed E-state index contributed by atoms with van der Waals surface area (Å²) in [5, 5.41) is 5.36. The molecule has 0 bridgehead atoms. The highest BCUT2D eigenvalue weighted by molar-refractivity contribution is 5.92. The minimum atomic E-state index is -0.174. The fourth-order valence-electron chi connectivity index (χ4n) is 0.828. The van der Waals surface area contributed by atoms with Gasteiger partial charge in [-0.05, 0) is 12.1 Å². The van der Waals surface area contributed by atoms with E-state index in [0.717, 1.165) is 0 Å². The molecular formula is C8H11N3O. The number of nitrogens with zero attached hydrogens (tertiary/aromatic N) is 1. The van der Waals surface area contributed by atoms with Crippen LogP contribution in [0.15, 0.2) is 18.2 Å². The highest BCUT2D eigenvalue weighted by atomic mass is 16.1. The van der Waals surface area contributed by atoms with Gasteiger partial charge in [-0.2, -0.15) is 0 Å². The molecule has 0 aliphatic heterocycles. The SMILES string of the molecule is CNC(=O)c1cccc(NC)n1. The summed E-state index contributed by atoms with van der Waals surface area (Å²) in [5.41, 5.74) is 0.421. The van der Waals surface area contributed by atoms with Crippen molar-refractivity contribution in [2.24, 2.45) is 0 Å². The highest BCUT2D eigenvalue weighted by Crippen LogP contribution is 2.02. The molecule has 1 aromatic heterocycles. The average molecular weight is 165 g/mol. The van der Waals surface area contributed by atoms with Crippen molar-refractivity contribution in [3.05, 3.63) is 23.9 Å². The molecule has 4 heteroatoms. The minimum absolute atomic E-state index is 0.174. The van der Waals surface area contributed by atoms with Crippen molar-refractivity contribution in [1.82, 2.24) is 10.3 Å². The van der Waals surface area contributed by atoms with E-state index in [9.17, 15) is 4.79 Å². The molecule has 0 aromatic carbocycles. The molecule has 0 fully saturated rings. The van der Waals surface area contributed by atoms with Crippen LogP contribution in [-0.4, -0.2) is 25.0 Å². The van der Waals surface area contributed by atoms with Gasteiger partial charge in [0, 0.05) is 14.1 Å². The molecule has 64 valence electrons. The quantitative estimate of drug-likeness (QED) is 0.670. The highest BCUT2D eigenvalue weighted by Gasteiger charge is 2.03. The van der Waals surface area contributed by atoms with E-state index in [1.807, 2.05) is 0 Å². The van der Waals surface area contributed by atoms with Gasteiger partial charge in [0.25, 0.3) is 5.91 Å². The molecule has 0 saturated heterocycles. The lowest BCUT2D eigenvalue weighted by Crippen LogP contribution is -2.19. The number of rotatable bonds is 2. The molecular weight excluding hydrogens is 154 g/mol. The topological polar surface area (TPSA) is 54.0 Å². The molecule has 1 heterocycles. The first-order valence-electron chi connectivity index (χ1n) is 3.65. The number of hydrogen-bond acceptors (Lipinski definition) is 3. The van der Waals surface area contributed by atoms with Crippen molar-refractivity contribution in [1.29, 1.82) is 0 Å². The zero-order valence-electron chi connectivity index (χ0n) is 7.09. The molecule has 0 radical (unpaired) electrons. The summed E-state index contributed by atoms with van der Waals surface area (Å²) in [7, 11) is 3.34. The van der Waals surface area contributed by atoms with Crippen LogP contribution in [0.25, 0.3) is 0 Å². The van der Waals surface area contributed by atoms with Crippen molar-refractivity contribution >= 4 is 11.7 Å². The van der Waals surface area contributed by atoms with Gasteiger partial charge in [-0.25, -0.2) is 4.98 Å². The Balaban J connectivity index is 2.93. The zero-order chi connectivity index (χ0) is 8.97. The van der Waals surface area contributed by atoms with Gasteiger partial charge in [0.2, 0.25) is 0 Å². The summed E-state index contributed by atoms with van der Waals surface area (Å²) in [6.45, 7) is 0. The largest absolute Gasteiger partial charge is 0.373 e. The van der Waals surface area contributed by atoms with Gasteiger partial charge < -0.3 is 10.6 Å². The van der Waals surface area contributed by atoms with Crippen molar-refractivity contribution in [2.75, 3.05) is 19.4 Å². The van der Waals surface area contributed by atoms with Crippen molar-refractivity contribution < 1.29 is 4.79 Å². The smallest absolute Gasteiger partial charge is 0.269 e. The fraction of sp³-hybridized carbons (Fsp3) is 0.250. The van der Waals surface area contributed by atoms with Gasteiger partial charge in [0.05, 0.1) is 0 Å². The average Bonchev–Trinajstić information content (AvgIpc) is 2.17. The third kappa shape index (κ3) is 1.72. The maximum atomic E-state index is 11.1. The maximum absolute atomic E-state index is 11.1. The lowest BCUT2D eigenvalue weighted by Gasteiger charge is -2.01. The number of anilines is 1. The van der Waals surface area contributed by atoms with Crippen molar-refractivity contribution in [3.8, 4) is 0 Å². The number of hydrogen-bond donors (Lipinski definition) is 2. The van der Waals surface area contributed by atoms with Crippen LogP contribution in [0, 0.1) is 0 Å². The molecule has 0 aliphatic carbocycles. The van der Waals surface area contributed by atoms with Gasteiger partial charge in [0.15, 0.2) is 0 Å². The fourth-order valence-corrected chi connectivity index (χ4v) is 0.828. The maximum Gasteiger partial charge on any atom is 0.269 e. The van der Waals surface area contributed by atoms with E-state index in [4.69, 9.17) is 0 Å². The van der Waals surface area contributed by atoms with Gasteiger partial charge in [0.1, 0.15) is 11.5 Å². The standard InChI is InChI=1S/C8H11N3O/c1-9-7-5-3-4-6(11-7)8(12)10-2/h3-5H,1-2H3,(H,9,11)(H,10,12). The molecule has 1 aromatic rings. The molecule has 12 heavy (non-hydrogen) atoms. The summed E-state index contributed by atoms with van der Waals surface area (Å²) in [5.74, 6) is 0.517. The summed E-state index contributed by atoms with van der Waals surface area (Å²) >= 11 is 0. The van der Waals surface area contributed by atoms with Gasteiger partial charge in [-0.1, -0.05) is 6.07 Å². The Hall–Kier alpha value is -1.58. The van der Waals surface area contributed by atoms with Crippen LogP contribution >= 0.6 is 0 Å². The van der Waals surface area contributed by atoms with Crippen molar-refractivity contribution in [3.63, 3.8) is 0 Å². The van der Waals surface area contributed by atoms with E-state index in [-0.39, 0.29) is 5.91 Å². The minimum Gasteiger partial charge on any atom is -0.373 e. The third-order valence-electron chi connectivity index (χ3n) is 1.46. The summed E-state index contributed by atoms with van der Waals surface area (Å²) in [6.07, 6.45) is 0. The lowest BCUT2D eigenvalue weighted by molar-refractivity contribution is 0.0958. The van der Waals surface area contributed by atoms with E-state index in [0.29, 0.717) is 11.5 Å². The van der Waals surface area contributed by atoms with Crippen LogP contribution in [0.4, 0.5) is 5.82 Å². The van der Waals surface area contributed by atoms with Crippen LogP contribution in [0.2, 0.25) is 0 Å². The molecule has 0 saturated carbocycles. The normalized spacial score (nSPS) is 9.17. The first-order chi connectivity index (χ1) is 5.77. The Morgan fingerprint density at radius 3 is 2.75 bits per heavy atom. The number of amides is 1. The van der Waals surface area contributed by atoms with E-state index in [1.165, 1.54) is 0 Å². The molecule has 0 spiro atoms. The molecule has 4 nitrogen and oxygen atoms in total. The van der Waals surface area contributed by atoms with E-state index >= 15 is 0 Å². The Kier molecular flexibility index (Phi) is 2.63. The Morgan fingerprint density at radius 2 is 2.17 bits per heavy atom. The number of aromatic nitrogens is 1. The summed E-state index contributed by atoms with van der Waals surface area (Å²) in [4.78, 5) is 15.1. The van der Waals surface area contributed by atoms with E-state index in [2.05, 4.69) is 15.6 Å². The second-order valence-corrected chi connectivity index (χ2v) is 2.24. The Labute approximate surface area is 71.0 Å². The molecule has 1 amide bonds. The predicted molar refractivity (Wildman–Crippen MR) is 47.2 cm³/mol. The predicted octanol–water partition coefficient (Wildman–Crippen LogP) is 0.483. The second kappa shape index (κ2) is 3.71. The van der Waals surface area contributed by atoms with Crippen LogP contribution in [-0.2, 0) is 0 Å². The van der Waals surface area contributed by atoms with Gasteiger partial charge >= 0.3 is 0 Å². The monoisotopic (exact) mass is 165 g/mol. The Bertz CT molecular complexity index is 285. The van der Waals surface area contributed by atoms with Crippen LogP contribution in [0.5, 0.6) is 0 Å². The molecule has 1 rings (SSSR count). The van der Waals surface area contributed by atoms with E-state index < -0.39 is 0 Å². The lowest BCUT2D eigenvalue weighted by atomic mass is 10.3. The third-order valence-corrected chi connectivity index (χ3v) is 1.46. The molecule has 0 unspecified atom stereocenters. The first kappa shape index (κ1) is 8.52. The molecule has 2 N–H and O–H groups in total. The molecule has 0 atom stereocenters. The molecule has 0 aliphatic rings. The first-order valence-corrected chi connectivity index (χ1v) is 3.65. The van der Waals surface area contributed by atoms with Gasteiger partial charge in [-0.15, -0.1) is 0 Å². The van der Waals surface area contributed by atoms with Crippen LogP contribution in [0.3, 0.4) is 0 Å². The van der Waals surface area contributed by atoms with Gasteiger partial charge in [-0.3, -0.25) is 4.79 Å². The zero-order valence-corrected chi connectivity index (χ0v) is 7.09. The summed E-state index contributed by atoms with van der Waals surface area (Å²) in [6, 6.07) is 5.25. The summed E-state index contributed by atoms with van der Waals surface area (Å²) < 4.78 is 0. The van der Waals surface area contributed by atoms with Crippen LogP contribution < -0.4 is 10.6 Å². The number of carbonyl (C=O) groups excluding carboxylic acids is 1.